The summed E-state index contributed by atoms with van der Waals surface area (Å²) in [4.78, 5) is 22.3. The van der Waals surface area contributed by atoms with Gasteiger partial charge in [0.2, 0.25) is 10.0 Å². The Labute approximate surface area is 134 Å². The number of carboxylic acid groups (broad SMARTS) is 1. The molecule has 0 saturated heterocycles. The Balaban J connectivity index is 3.10. The average Bonchev–Trinajstić information content (AvgIpc) is 2.80. The number of hydrogen-bond donors (Lipinski definition) is 2. The second kappa shape index (κ2) is 7.34. The number of carboxylic acids is 1. The number of carbonyl (C=O) groups is 2. The number of sulfonamides is 1. The third-order valence-electron chi connectivity index (χ3n) is 2.50. The highest BCUT2D eigenvalue weighted by Crippen LogP contribution is 2.32. The average molecular weight is 400 g/mol. The Morgan fingerprint density at radius 2 is 2.14 bits per heavy atom. The van der Waals surface area contributed by atoms with E-state index in [0.29, 0.717) is 6.42 Å². The first-order valence-corrected chi connectivity index (χ1v) is 8.95. The number of rotatable bonds is 7. The van der Waals surface area contributed by atoms with Gasteiger partial charge in [-0.05, 0) is 28.4 Å². The summed E-state index contributed by atoms with van der Waals surface area (Å²) in [6.07, 6.45) is 0.678. The molecule has 1 aromatic heterocycles. The van der Waals surface area contributed by atoms with Gasteiger partial charge in [0.05, 0.1) is 10.9 Å². The first-order chi connectivity index (χ1) is 9.72. The maximum atomic E-state index is 12.2. The van der Waals surface area contributed by atoms with Crippen LogP contribution in [0.3, 0.4) is 0 Å². The van der Waals surface area contributed by atoms with Gasteiger partial charge >= 0.3 is 11.9 Å². The number of nitrogens with one attached hydrogen (secondary N) is 1. The molecule has 0 spiro atoms. The number of hydrogen-bond acceptors (Lipinski definition) is 6. The van der Waals surface area contributed by atoms with E-state index in [1.807, 2.05) is 0 Å². The van der Waals surface area contributed by atoms with Crippen molar-refractivity contribution in [3.8, 4) is 0 Å². The molecule has 0 bridgehead atoms. The molecular formula is C11H14BrNO6S2. The Morgan fingerprint density at radius 3 is 2.62 bits per heavy atom. The molecule has 21 heavy (non-hydrogen) atoms. The molecule has 0 aliphatic rings. The standard InChI is InChI=1S/C11H14BrNO6S2/c1-3-4-6(10(14)15)13-21(17,18)8-5-7(11(16)19-2)20-9(8)12/h5-6,13H,3-4H2,1-2H3,(H,14,15)/t6-/m0/s1. The van der Waals surface area contributed by atoms with Crippen LogP contribution in [0.5, 0.6) is 0 Å². The second-order valence-corrected chi connectivity index (χ2v) is 8.09. The third kappa shape index (κ3) is 4.50. The van der Waals surface area contributed by atoms with Crippen LogP contribution in [-0.2, 0) is 19.6 Å². The number of carbonyl (C=O) groups excluding carboxylic acids is 1. The van der Waals surface area contributed by atoms with Crippen LogP contribution in [-0.4, -0.2) is 38.6 Å². The highest BCUT2D eigenvalue weighted by atomic mass is 79.9. The van der Waals surface area contributed by atoms with Gasteiger partial charge in [0.15, 0.2) is 0 Å². The van der Waals surface area contributed by atoms with E-state index in [0.717, 1.165) is 17.4 Å². The Morgan fingerprint density at radius 1 is 1.52 bits per heavy atom. The molecule has 0 aliphatic heterocycles. The molecule has 1 rings (SSSR count). The molecule has 118 valence electrons. The van der Waals surface area contributed by atoms with Crippen molar-refractivity contribution < 1.29 is 27.9 Å². The minimum Gasteiger partial charge on any atom is -0.480 e. The molecule has 0 amide bonds. The fraction of sp³-hybridized carbons (Fsp3) is 0.455. The third-order valence-corrected chi connectivity index (χ3v) is 6.21. The van der Waals surface area contributed by atoms with Gasteiger partial charge in [-0.25, -0.2) is 13.2 Å². The number of aliphatic carboxylic acids is 1. The molecular weight excluding hydrogens is 386 g/mol. The summed E-state index contributed by atoms with van der Waals surface area (Å²) in [6, 6.07) is -0.0679. The van der Waals surface area contributed by atoms with E-state index in [1.165, 1.54) is 7.11 Å². The molecule has 0 aliphatic carbocycles. The summed E-state index contributed by atoms with van der Waals surface area (Å²) in [5.41, 5.74) is 0. The van der Waals surface area contributed by atoms with E-state index in [1.54, 1.807) is 6.92 Å². The number of esters is 1. The minimum absolute atomic E-state index is 0.104. The van der Waals surface area contributed by atoms with Crippen LogP contribution in [0, 0.1) is 0 Å². The van der Waals surface area contributed by atoms with E-state index in [9.17, 15) is 18.0 Å². The Bertz CT molecular complexity index is 639. The molecule has 10 heteroatoms. The van der Waals surface area contributed by atoms with Crippen LogP contribution in [0.2, 0.25) is 0 Å². The minimum atomic E-state index is -4.05. The highest BCUT2D eigenvalue weighted by Gasteiger charge is 2.28. The zero-order valence-electron chi connectivity index (χ0n) is 11.3. The predicted octanol–water partition coefficient (Wildman–Crippen LogP) is 1.83. The summed E-state index contributed by atoms with van der Waals surface area (Å²) >= 11 is 3.96. The first kappa shape index (κ1) is 18.1. The predicted molar refractivity (Wildman–Crippen MR) is 80.0 cm³/mol. The monoisotopic (exact) mass is 399 g/mol. The van der Waals surface area contributed by atoms with Crippen molar-refractivity contribution in [3.63, 3.8) is 0 Å². The summed E-state index contributed by atoms with van der Waals surface area (Å²) in [5, 5.41) is 9.01. The molecule has 0 fully saturated rings. The second-order valence-electron chi connectivity index (χ2n) is 4.04. The molecule has 0 unspecified atom stereocenters. The van der Waals surface area contributed by atoms with Gasteiger partial charge in [-0.1, -0.05) is 13.3 Å². The van der Waals surface area contributed by atoms with Gasteiger partial charge in [0, 0.05) is 0 Å². The fourth-order valence-corrected chi connectivity index (χ4v) is 5.21. The number of thiophene rings is 1. The molecule has 7 nitrogen and oxygen atoms in total. The molecule has 0 saturated carbocycles. The Hall–Kier alpha value is -0.970. The lowest BCUT2D eigenvalue weighted by Crippen LogP contribution is -2.40. The molecule has 1 aromatic rings. The van der Waals surface area contributed by atoms with Gasteiger partial charge in [-0.2, -0.15) is 4.72 Å². The van der Waals surface area contributed by atoms with Gasteiger partial charge in [-0.15, -0.1) is 11.3 Å². The van der Waals surface area contributed by atoms with Crippen molar-refractivity contribution in [2.75, 3.05) is 7.11 Å². The van der Waals surface area contributed by atoms with Crippen LogP contribution in [0.15, 0.2) is 14.7 Å². The van der Waals surface area contributed by atoms with Crippen molar-refractivity contribution in [2.24, 2.45) is 0 Å². The lowest BCUT2D eigenvalue weighted by Gasteiger charge is -2.13. The van der Waals surface area contributed by atoms with Crippen LogP contribution in [0.25, 0.3) is 0 Å². The van der Waals surface area contributed by atoms with Crippen LogP contribution < -0.4 is 4.72 Å². The van der Waals surface area contributed by atoms with E-state index >= 15 is 0 Å². The van der Waals surface area contributed by atoms with Gasteiger partial charge in [0.1, 0.15) is 15.8 Å². The number of halogens is 1. The molecule has 0 aromatic carbocycles. The Kier molecular flexibility index (Phi) is 6.32. The van der Waals surface area contributed by atoms with Crippen molar-refractivity contribution in [2.45, 2.75) is 30.7 Å². The lowest BCUT2D eigenvalue weighted by molar-refractivity contribution is -0.139. The number of methoxy groups -OCH3 is 1. The maximum absolute atomic E-state index is 12.2. The molecule has 0 radical (unpaired) electrons. The van der Waals surface area contributed by atoms with E-state index < -0.39 is 28.0 Å². The van der Waals surface area contributed by atoms with Crippen molar-refractivity contribution in [3.05, 3.63) is 14.7 Å². The molecule has 1 atom stereocenters. The fourth-order valence-electron chi connectivity index (χ4n) is 1.51. The van der Waals surface area contributed by atoms with E-state index in [2.05, 4.69) is 25.4 Å². The smallest absolute Gasteiger partial charge is 0.348 e. The molecule has 2 N–H and O–H groups in total. The first-order valence-electron chi connectivity index (χ1n) is 5.85. The van der Waals surface area contributed by atoms with Gasteiger partial charge in [-0.3, -0.25) is 4.79 Å². The molecule has 1 heterocycles. The largest absolute Gasteiger partial charge is 0.480 e. The lowest BCUT2D eigenvalue weighted by atomic mass is 10.2. The van der Waals surface area contributed by atoms with Crippen molar-refractivity contribution in [1.29, 1.82) is 0 Å². The summed E-state index contributed by atoms with van der Waals surface area (Å²) < 4.78 is 31.3. The summed E-state index contributed by atoms with van der Waals surface area (Å²) in [5.74, 6) is -1.91. The SMILES string of the molecule is CCC[C@H](NS(=O)(=O)c1cc(C(=O)OC)sc1Br)C(=O)O. The normalized spacial score (nSPS) is 12.9. The van der Waals surface area contributed by atoms with E-state index in [4.69, 9.17) is 5.11 Å². The zero-order chi connectivity index (χ0) is 16.2. The van der Waals surface area contributed by atoms with Crippen LogP contribution in [0.4, 0.5) is 0 Å². The highest BCUT2D eigenvalue weighted by molar-refractivity contribution is 9.11. The van der Waals surface area contributed by atoms with Crippen molar-refractivity contribution >= 4 is 49.2 Å². The summed E-state index contributed by atoms with van der Waals surface area (Å²) in [7, 11) is -2.87. The summed E-state index contributed by atoms with van der Waals surface area (Å²) in [6.45, 7) is 1.75. The van der Waals surface area contributed by atoms with Gasteiger partial charge in [0.25, 0.3) is 0 Å². The van der Waals surface area contributed by atoms with Crippen molar-refractivity contribution in [1.82, 2.24) is 4.72 Å². The maximum Gasteiger partial charge on any atom is 0.348 e. The number of ether oxygens (including phenoxy) is 1. The van der Waals surface area contributed by atoms with Gasteiger partial charge < -0.3 is 9.84 Å². The van der Waals surface area contributed by atoms with Crippen LogP contribution >= 0.6 is 27.3 Å². The quantitative estimate of drug-likeness (QED) is 0.676. The van der Waals surface area contributed by atoms with E-state index in [-0.39, 0.29) is 20.0 Å². The van der Waals surface area contributed by atoms with Crippen LogP contribution in [0.1, 0.15) is 29.4 Å². The topological polar surface area (TPSA) is 110 Å². The zero-order valence-corrected chi connectivity index (χ0v) is 14.5.